The number of hydrogen-bond donors (Lipinski definition) is 3. The van der Waals surface area contributed by atoms with Gasteiger partial charge in [0.25, 0.3) is 0 Å². The maximum Gasteiger partial charge on any atom is 0.416 e. The maximum atomic E-state index is 13.7. The molecule has 1 unspecified atom stereocenters. The van der Waals surface area contributed by atoms with Gasteiger partial charge in [-0.05, 0) is 50.3 Å². The van der Waals surface area contributed by atoms with Crippen molar-refractivity contribution in [3.8, 4) is 0 Å². The molecule has 1 heterocycles. The van der Waals surface area contributed by atoms with E-state index in [2.05, 4.69) is 16.0 Å². The van der Waals surface area contributed by atoms with E-state index in [0.717, 1.165) is 12.1 Å². The number of hydrogen-bond acceptors (Lipinski definition) is 4. The SMILES string of the molecule is CCC(C)[C@@H](NC(=O)[C@@H](Cc1ccc(C(F)(F)F)cc1)NC(=O)C(C)(C)C)C(=O)N1CCC[C@@H]1C(=O)NC(C)C. The molecule has 0 aliphatic carbocycles. The number of carbonyl (C=O) groups is 4. The topological polar surface area (TPSA) is 108 Å². The molecule has 8 nitrogen and oxygen atoms in total. The van der Waals surface area contributed by atoms with Crippen LogP contribution in [0, 0.1) is 11.3 Å². The van der Waals surface area contributed by atoms with Gasteiger partial charge in [-0.2, -0.15) is 13.2 Å². The molecule has 3 N–H and O–H groups in total. The number of rotatable bonds is 10. The molecule has 4 atom stereocenters. The third-order valence-corrected chi connectivity index (χ3v) is 7.07. The number of amides is 4. The Morgan fingerprint density at radius 1 is 0.975 bits per heavy atom. The number of carbonyl (C=O) groups excluding carboxylic acids is 4. The Hall–Kier alpha value is -3.11. The molecule has 1 aromatic carbocycles. The Kier molecular flexibility index (Phi) is 11.2. The first-order valence-corrected chi connectivity index (χ1v) is 13.8. The number of nitrogens with one attached hydrogen (secondary N) is 3. The van der Waals surface area contributed by atoms with Crippen molar-refractivity contribution in [2.24, 2.45) is 11.3 Å². The fourth-order valence-corrected chi connectivity index (χ4v) is 4.45. The van der Waals surface area contributed by atoms with Crippen molar-refractivity contribution in [2.45, 2.75) is 104 Å². The van der Waals surface area contributed by atoms with E-state index in [1.165, 1.54) is 17.0 Å². The standard InChI is InChI=1S/C29H43F3N4O4/c1-8-18(4)23(26(39)36-15-9-10-22(36)25(38)33-17(2)3)35-24(37)21(34-27(40)28(5,6)7)16-19-11-13-20(14-12-19)29(30,31)32/h11-14,17-18,21-23H,8-10,15-16H2,1-7H3,(H,33,38)(H,34,40)(H,35,37)/t18?,21-,22-,23-/m1/s1. The van der Waals surface area contributed by atoms with Gasteiger partial charge < -0.3 is 20.9 Å². The lowest BCUT2D eigenvalue weighted by Gasteiger charge is -2.33. The molecular formula is C29H43F3N4O4. The van der Waals surface area contributed by atoms with Crippen LogP contribution in [0.5, 0.6) is 0 Å². The summed E-state index contributed by atoms with van der Waals surface area (Å²) in [6.07, 6.45) is -2.84. The van der Waals surface area contributed by atoms with Gasteiger partial charge in [0.2, 0.25) is 23.6 Å². The first kappa shape index (κ1) is 33.1. The van der Waals surface area contributed by atoms with E-state index < -0.39 is 47.1 Å². The van der Waals surface area contributed by atoms with Crippen LogP contribution >= 0.6 is 0 Å². The molecule has 40 heavy (non-hydrogen) atoms. The summed E-state index contributed by atoms with van der Waals surface area (Å²) < 4.78 is 39.1. The van der Waals surface area contributed by atoms with Gasteiger partial charge >= 0.3 is 6.18 Å². The fraction of sp³-hybridized carbons (Fsp3) is 0.655. The van der Waals surface area contributed by atoms with E-state index in [4.69, 9.17) is 0 Å². The number of likely N-dealkylation sites (tertiary alicyclic amines) is 1. The van der Waals surface area contributed by atoms with Crippen LogP contribution in [-0.2, 0) is 31.8 Å². The first-order valence-electron chi connectivity index (χ1n) is 13.8. The molecular weight excluding hydrogens is 525 g/mol. The first-order chi connectivity index (χ1) is 18.4. The second-order valence-corrected chi connectivity index (χ2v) is 11.9. The summed E-state index contributed by atoms with van der Waals surface area (Å²) in [7, 11) is 0. The van der Waals surface area contributed by atoms with Gasteiger partial charge in [0.1, 0.15) is 18.1 Å². The van der Waals surface area contributed by atoms with Crippen LogP contribution in [0.2, 0.25) is 0 Å². The van der Waals surface area contributed by atoms with Crippen molar-refractivity contribution in [1.29, 1.82) is 0 Å². The summed E-state index contributed by atoms with van der Waals surface area (Å²) in [6, 6.07) is 1.58. The summed E-state index contributed by atoms with van der Waals surface area (Å²) in [5.74, 6) is -1.95. The van der Waals surface area contributed by atoms with Crippen LogP contribution in [0.15, 0.2) is 24.3 Å². The summed E-state index contributed by atoms with van der Waals surface area (Å²) in [4.78, 5) is 54.4. The number of alkyl halides is 3. The van der Waals surface area contributed by atoms with E-state index in [-0.39, 0.29) is 30.2 Å². The third kappa shape index (κ3) is 8.96. The normalized spacial score (nSPS) is 18.2. The van der Waals surface area contributed by atoms with Crippen LogP contribution in [0.1, 0.15) is 78.9 Å². The number of benzene rings is 1. The van der Waals surface area contributed by atoms with Crippen molar-refractivity contribution in [1.82, 2.24) is 20.9 Å². The highest BCUT2D eigenvalue weighted by Gasteiger charge is 2.40. The van der Waals surface area contributed by atoms with Crippen LogP contribution in [-0.4, -0.2) is 59.2 Å². The average Bonchev–Trinajstić information content (AvgIpc) is 3.35. The minimum Gasteiger partial charge on any atom is -0.352 e. The van der Waals surface area contributed by atoms with Crippen LogP contribution in [0.25, 0.3) is 0 Å². The predicted molar refractivity (Wildman–Crippen MR) is 146 cm³/mol. The second kappa shape index (κ2) is 13.5. The Bertz CT molecular complexity index is 1050. The van der Waals surface area contributed by atoms with Crippen LogP contribution in [0.3, 0.4) is 0 Å². The second-order valence-electron chi connectivity index (χ2n) is 11.9. The molecule has 0 radical (unpaired) electrons. The molecule has 0 bridgehead atoms. The molecule has 2 rings (SSSR count). The average molecular weight is 569 g/mol. The zero-order valence-electron chi connectivity index (χ0n) is 24.4. The highest BCUT2D eigenvalue weighted by Crippen LogP contribution is 2.29. The lowest BCUT2D eigenvalue weighted by Crippen LogP contribution is -2.59. The fourth-order valence-electron chi connectivity index (χ4n) is 4.45. The van der Waals surface area contributed by atoms with E-state index >= 15 is 0 Å². The van der Waals surface area contributed by atoms with Crippen molar-refractivity contribution >= 4 is 23.6 Å². The van der Waals surface area contributed by atoms with Gasteiger partial charge in [0, 0.05) is 24.4 Å². The van der Waals surface area contributed by atoms with E-state index in [1.807, 2.05) is 27.7 Å². The Morgan fingerprint density at radius 3 is 2.08 bits per heavy atom. The van der Waals surface area contributed by atoms with Gasteiger partial charge in [-0.1, -0.05) is 53.2 Å². The van der Waals surface area contributed by atoms with E-state index in [0.29, 0.717) is 31.4 Å². The lowest BCUT2D eigenvalue weighted by molar-refractivity contribution is -0.143. The highest BCUT2D eigenvalue weighted by atomic mass is 19.4. The maximum absolute atomic E-state index is 13.7. The zero-order chi connectivity index (χ0) is 30.4. The smallest absolute Gasteiger partial charge is 0.352 e. The van der Waals surface area contributed by atoms with Gasteiger partial charge in [-0.25, -0.2) is 0 Å². The summed E-state index contributed by atoms with van der Waals surface area (Å²) >= 11 is 0. The summed E-state index contributed by atoms with van der Waals surface area (Å²) in [5.41, 5.74) is -1.24. The Morgan fingerprint density at radius 2 is 1.57 bits per heavy atom. The van der Waals surface area contributed by atoms with Gasteiger partial charge in [-0.3, -0.25) is 19.2 Å². The molecule has 0 spiro atoms. The molecule has 4 amide bonds. The van der Waals surface area contributed by atoms with Crippen LogP contribution in [0.4, 0.5) is 13.2 Å². The van der Waals surface area contributed by atoms with Crippen molar-refractivity contribution < 1.29 is 32.3 Å². The molecule has 1 fully saturated rings. The minimum atomic E-state index is -4.50. The van der Waals surface area contributed by atoms with Gasteiger partial charge in [0.15, 0.2) is 0 Å². The van der Waals surface area contributed by atoms with Crippen molar-refractivity contribution in [3.05, 3.63) is 35.4 Å². The molecule has 1 aliphatic rings. The molecule has 224 valence electrons. The zero-order valence-corrected chi connectivity index (χ0v) is 24.4. The lowest BCUT2D eigenvalue weighted by atomic mass is 9.93. The van der Waals surface area contributed by atoms with E-state index in [1.54, 1.807) is 20.8 Å². The van der Waals surface area contributed by atoms with Crippen LogP contribution < -0.4 is 16.0 Å². The van der Waals surface area contributed by atoms with Crippen molar-refractivity contribution in [3.63, 3.8) is 0 Å². The Balaban J connectivity index is 2.32. The molecule has 11 heteroatoms. The van der Waals surface area contributed by atoms with Gasteiger partial charge in [0.05, 0.1) is 5.56 Å². The summed E-state index contributed by atoms with van der Waals surface area (Å²) in [5, 5.41) is 8.36. The van der Waals surface area contributed by atoms with Gasteiger partial charge in [-0.15, -0.1) is 0 Å². The quantitative estimate of drug-likeness (QED) is 0.399. The van der Waals surface area contributed by atoms with E-state index in [9.17, 15) is 32.3 Å². The molecule has 1 aromatic rings. The largest absolute Gasteiger partial charge is 0.416 e. The molecule has 1 saturated heterocycles. The molecule has 0 saturated carbocycles. The number of nitrogens with zero attached hydrogens (tertiary/aromatic N) is 1. The predicted octanol–water partition coefficient (Wildman–Crippen LogP) is 3.83. The summed E-state index contributed by atoms with van der Waals surface area (Å²) in [6.45, 7) is 12.8. The molecule has 0 aromatic heterocycles. The molecule has 1 aliphatic heterocycles. The number of halogens is 3. The third-order valence-electron chi connectivity index (χ3n) is 7.07. The van der Waals surface area contributed by atoms with Crippen molar-refractivity contribution in [2.75, 3.05) is 6.54 Å². The Labute approximate surface area is 234 Å². The monoisotopic (exact) mass is 568 g/mol. The highest BCUT2D eigenvalue weighted by molar-refractivity contribution is 5.95. The minimum absolute atomic E-state index is 0.0731.